The molecule has 1 nitrogen and oxygen atoms in total. The molecule has 0 spiro atoms. The zero-order chi connectivity index (χ0) is 32.8. The number of rotatable bonds is 2. The first-order chi connectivity index (χ1) is 24.8. The highest BCUT2D eigenvalue weighted by molar-refractivity contribution is 6.25. The normalized spacial score (nSPS) is 14.6. The third-order valence-electron chi connectivity index (χ3n) is 10.9. The molecule has 0 amide bonds. The van der Waals surface area contributed by atoms with E-state index in [1.165, 1.54) is 87.2 Å². The summed E-state index contributed by atoms with van der Waals surface area (Å²) in [5, 5.41) is 12.7. The maximum atomic E-state index is 6.56. The average Bonchev–Trinajstić information content (AvgIpc) is 3.40. The molecule has 50 heavy (non-hydrogen) atoms. The minimum atomic E-state index is 0.179. The second-order valence-corrected chi connectivity index (χ2v) is 13.6. The van der Waals surface area contributed by atoms with Gasteiger partial charge in [-0.3, -0.25) is 0 Å². The van der Waals surface area contributed by atoms with Crippen LogP contribution in [0.3, 0.4) is 0 Å². The van der Waals surface area contributed by atoms with Gasteiger partial charge < -0.3 is 4.74 Å². The average molecular weight is 635 g/mol. The van der Waals surface area contributed by atoms with E-state index in [0.717, 1.165) is 17.1 Å². The third-order valence-corrected chi connectivity index (χ3v) is 10.9. The maximum absolute atomic E-state index is 6.56. The highest BCUT2D eigenvalue weighted by Crippen LogP contribution is 2.49. The first-order valence-electron chi connectivity index (χ1n) is 17.4. The molecule has 1 aliphatic carbocycles. The molecule has 1 heteroatoms. The summed E-state index contributed by atoms with van der Waals surface area (Å²) in [4.78, 5) is 0. The number of fused-ring (bicyclic) bond motifs is 11. The van der Waals surface area contributed by atoms with Crippen molar-refractivity contribution in [2.45, 2.75) is 5.92 Å². The zero-order valence-electron chi connectivity index (χ0n) is 27.2. The van der Waals surface area contributed by atoms with E-state index in [4.69, 9.17) is 4.74 Å². The van der Waals surface area contributed by atoms with E-state index in [9.17, 15) is 0 Å². The van der Waals surface area contributed by atoms with Crippen molar-refractivity contribution in [1.29, 1.82) is 0 Å². The molecule has 1 unspecified atom stereocenters. The van der Waals surface area contributed by atoms with Crippen molar-refractivity contribution in [3.63, 3.8) is 0 Å². The Labute approximate surface area is 290 Å². The first kappa shape index (κ1) is 27.5. The summed E-state index contributed by atoms with van der Waals surface area (Å²) < 4.78 is 6.56. The Bertz CT molecular complexity index is 2920. The van der Waals surface area contributed by atoms with Crippen LogP contribution < -0.4 is 4.74 Å². The van der Waals surface area contributed by atoms with Gasteiger partial charge in [0.15, 0.2) is 0 Å². The van der Waals surface area contributed by atoms with Crippen LogP contribution in [0, 0.1) is 0 Å². The van der Waals surface area contributed by atoms with Crippen LogP contribution in [0.25, 0.3) is 88.3 Å². The molecular weight excluding hydrogens is 605 g/mol. The summed E-state index contributed by atoms with van der Waals surface area (Å²) in [5.74, 6) is 2.01. The number of hydrogen-bond acceptors (Lipinski definition) is 1. The molecule has 2 aliphatic rings. The van der Waals surface area contributed by atoms with Crippen molar-refractivity contribution in [2.75, 3.05) is 0 Å². The van der Waals surface area contributed by atoms with E-state index in [1.54, 1.807) is 0 Å². The Morgan fingerprint density at radius 3 is 1.82 bits per heavy atom. The summed E-state index contributed by atoms with van der Waals surface area (Å²) in [5.41, 5.74) is 8.51. The van der Waals surface area contributed by atoms with E-state index < -0.39 is 0 Å². The molecule has 1 heterocycles. The molecule has 0 N–H and O–H groups in total. The Morgan fingerprint density at radius 1 is 0.380 bits per heavy atom. The second kappa shape index (κ2) is 10.5. The van der Waals surface area contributed by atoms with Gasteiger partial charge in [0.25, 0.3) is 0 Å². The summed E-state index contributed by atoms with van der Waals surface area (Å²) >= 11 is 0. The van der Waals surface area contributed by atoms with E-state index in [0.29, 0.717) is 0 Å². The van der Waals surface area contributed by atoms with E-state index in [2.05, 4.69) is 176 Å². The number of benzene rings is 9. The van der Waals surface area contributed by atoms with Crippen LogP contribution in [0.15, 0.2) is 164 Å². The fourth-order valence-electron chi connectivity index (χ4n) is 8.44. The van der Waals surface area contributed by atoms with Gasteiger partial charge in [0, 0.05) is 16.9 Å². The van der Waals surface area contributed by atoms with Crippen molar-refractivity contribution in [3.8, 4) is 33.8 Å². The lowest BCUT2D eigenvalue weighted by molar-refractivity contribution is 0.488. The molecule has 0 radical (unpaired) electrons. The fourth-order valence-corrected chi connectivity index (χ4v) is 8.44. The van der Waals surface area contributed by atoms with Gasteiger partial charge in [0.2, 0.25) is 0 Å². The molecule has 9 aromatic carbocycles. The molecule has 11 rings (SSSR count). The van der Waals surface area contributed by atoms with E-state index >= 15 is 0 Å². The highest BCUT2D eigenvalue weighted by Gasteiger charge is 2.22. The number of hydrogen-bond donors (Lipinski definition) is 0. The van der Waals surface area contributed by atoms with Crippen molar-refractivity contribution < 1.29 is 4.74 Å². The molecule has 9 aromatic rings. The minimum absolute atomic E-state index is 0.179. The Morgan fingerprint density at radius 2 is 1.02 bits per heavy atom. The van der Waals surface area contributed by atoms with E-state index in [-0.39, 0.29) is 5.92 Å². The SMILES string of the molecule is C1=CC(c2ccc3c4ccccc4c4ccccc4c3c2)C=Cc2cc(-c3ccc4c(c3)-c3cccc5c3c(cc3ccccc35)O4)ccc21. The molecule has 232 valence electrons. The molecule has 0 aromatic heterocycles. The van der Waals surface area contributed by atoms with Crippen molar-refractivity contribution in [2.24, 2.45) is 0 Å². The third kappa shape index (κ3) is 4.07. The van der Waals surface area contributed by atoms with Gasteiger partial charge >= 0.3 is 0 Å². The van der Waals surface area contributed by atoms with Gasteiger partial charge in [-0.05, 0) is 112 Å². The quantitative estimate of drug-likeness (QED) is 0.172. The fraction of sp³-hybridized carbons (Fsp3) is 0.0204. The Kier molecular flexibility index (Phi) is 5.79. The molecule has 1 atom stereocenters. The van der Waals surface area contributed by atoms with E-state index in [1.807, 2.05) is 0 Å². The van der Waals surface area contributed by atoms with Gasteiger partial charge in [-0.2, -0.15) is 0 Å². The summed E-state index contributed by atoms with van der Waals surface area (Å²) in [6.07, 6.45) is 9.27. The van der Waals surface area contributed by atoms with Crippen molar-refractivity contribution in [1.82, 2.24) is 0 Å². The van der Waals surface area contributed by atoms with Crippen LogP contribution in [0.2, 0.25) is 0 Å². The topological polar surface area (TPSA) is 9.23 Å². The van der Waals surface area contributed by atoms with Crippen LogP contribution in [0.1, 0.15) is 22.6 Å². The Hall–Kier alpha value is -6.44. The summed E-state index contributed by atoms with van der Waals surface area (Å²) in [7, 11) is 0. The lowest BCUT2D eigenvalue weighted by atomic mass is 9.90. The maximum Gasteiger partial charge on any atom is 0.136 e. The Balaban J connectivity index is 0.971. The largest absolute Gasteiger partial charge is 0.456 e. The minimum Gasteiger partial charge on any atom is -0.456 e. The molecule has 0 saturated carbocycles. The number of allylic oxidation sites excluding steroid dienone is 2. The molecule has 1 aliphatic heterocycles. The molecule has 0 fully saturated rings. The molecule has 0 bridgehead atoms. The molecular formula is C49H30O. The smallest absolute Gasteiger partial charge is 0.136 e. The highest BCUT2D eigenvalue weighted by atomic mass is 16.5. The van der Waals surface area contributed by atoms with Crippen LogP contribution in [-0.2, 0) is 0 Å². The lowest BCUT2D eigenvalue weighted by Crippen LogP contribution is -1.98. The van der Waals surface area contributed by atoms with Gasteiger partial charge in [-0.1, -0.05) is 146 Å². The van der Waals surface area contributed by atoms with Gasteiger partial charge in [-0.15, -0.1) is 0 Å². The predicted molar refractivity (Wildman–Crippen MR) is 212 cm³/mol. The standard InChI is InChI=1S/C49H30O/c1-2-9-37-36(8-1)29-48-49-43(37)14-7-15-44(49)46-28-35(23-25-47(46)50-48)33-21-19-30-16-17-31(18-20-32(30)26-33)34-22-24-42-40-12-4-3-10-38(40)39-11-5-6-13-41(39)45(42)27-34/h1-29,31H. The van der Waals surface area contributed by atoms with Crippen LogP contribution in [-0.4, -0.2) is 0 Å². The van der Waals surface area contributed by atoms with Gasteiger partial charge in [0.05, 0.1) is 0 Å². The first-order valence-corrected chi connectivity index (χ1v) is 17.4. The summed E-state index contributed by atoms with van der Waals surface area (Å²) in [6, 6.07) is 55.4. The predicted octanol–water partition coefficient (Wildman–Crippen LogP) is 13.7. The van der Waals surface area contributed by atoms with Crippen molar-refractivity contribution in [3.05, 3.63) is 181 Å². The molecule has 0 saturated heterocycles. The van der Waals surface area contributed by atoms with Gasteiger partial charge in [-0.25, -0.2) is 0 Å². The number of ether oxygens (including phenoxy) is 1. The summed E-state index contributed by atoms with van der Waals surface area (Å²) in [6.45, 7) is 0. The van der Waals surface area contributed by atoms with Crippen molar-refractivity contribution >= 4 is 66.0 Å². The van der Waals surface area contributed by atoms with Crippen LogP contribution >= 0.6 is 0 Å². The van der Waals surface area contributed by atoms with Crippen LogP contribution in [0.4, 0.5) is 0 Å². The van der Waals surface area contributed by atoms with Gasteiger partial charge in [0.1, 0.15) is 11.5 Å². The zero-order valence-corrected chi connectivity index (χ0v) is 27.2. The lowest BCUT2D eigenvalue weighted by Gasteiger charge is -2.23. The monoisotopic (exact) mass is 634 g/mol. The second-order valence-electron chi connectivity index (χ2n) is 13.6. The van der Waals surface area contributed by atoms with Crippen LogP contribution in [0.5, 0.6) is 11.5 Å².